The van der Waals surface area contributed by atoms with Crippen LogP contribution in [0.4, 0.5) is 16.3 Å². The molecule has 1 saturated heterocycles. The van der Waals surface area contributed by atoms with E-state index in [0.717, 1.165) is 60.9 Å². The Kier molecular flexibility index (Phi) is 7.84. The molecule has 0 bridgehead atoms. The van der Waals surface area contributed by atoms with Crippen molar-refractivity contribution in [2.24, 2.45) is 0 Å². The second-order valence-electron chi connectivity index (χ2n) is 11.2. The summed E-state index contributed by atoms with van der Waals surface area (Å²) in [4.78, 5) is 23.7. The minimum Gasteiger partial charge on any atom is -0.444 e. The number of imidazole rings is 1. The number of aryl methyl sites for hydroxylation is 1. The van der Waals surface area contributed by atoms with Crippen LogP contribution in [0.3, 0.4) is 0 Å². The summed E-state index contributed by atoms with van der Waals surface area (Å²) in [5.74, 6) is 1.24. The highest BCUT2D eigenvalue weighted by molar-refractivity contribution is 5.75. The van der Waals surface area contributed by atoms with Gasteiger partial charge in [-0.15, -0.1) is 0 Å². The van der Waals surface area contributed by atoms with E-state index in [0.29, 0.717) is 12.5 Å². The average molecular weight is 527 g/mol. The van der Waals surface area contributed by atoms with Gasteiger partial charge in [-0.3, -0.25) is 4.40 Å². The first-order chi connectivity index (χ1) is 18.8. The van der Waals surface area contributed by atoms with Crippen LogP contribution < -0.4 is 10.6 Å². The number of anilines is 2. The van der Waals surface area contributed by atoms with Crippen molar-refractivity contribution in [2.75, 3.05) is 31.5 Å². The molecule has 2 aromatic heterocycles. The van der Waals surface area contributed by atoms with Crippen LogP contribution in [-0.2, 0) is 4.74 Å². The van der Waals surface area contributed by atoms with Gasteiger partial charge in [0.15, 0.2) is 11.5 Å². The van der Waals surface area contributed by atoms with Crippen LogP contribution in [0.2, 0.25) is 0 Å². The van der Waals surface area contributed by atoms with Crippen molar-refractivity contribution in [3.63, 3.8) is 0 Å². The first-order valence-corrected chi connectivity index (χ1v) is 13.7. The molecule has 1 fully saturated rings. The van der Waals surface area contributed by atoms with Crippen LogP contribution in [0.1, 0.15) is 50.7 Å². The van der Waals surface area contributed by atoms with Crippen LogP contribution >= 0.6 is 0 Å². The predicted octanol–water partition coefficient (Wildman–Crippen LogP) is 6.15. The summed E-state index contributed by atoms with van der Waals surface area (Å²) < 4.78 is 7.41. The molecular formula is C31H38N6O2. The molecular weight excluding hydrogens is 488 g/mol. The molecule has 1 aliphatic rings. The lowest BCUT2D eigenvalue weighted by atomic mass is 9.89. The average Bonchev–Trinajstić information content (AvgIpc) is 3.40. The van der Waals surface area contributed by atoms with Gasteiger partial charge in [0.1, 0.15) is 5.60 Å². The van der Waals surface area contributed by atoms with E-state index in [1.54, 1.807) is 0 Å². The number of likely N-dealkylation sites (tertiary alicyclic amines) is 1. The Bertz CT molecular complexity index is 1430. The first kappa shape index (κ1) is 26.7. The lowest BCUT2D eigenvalue weighted by molar-refractivity contribution is 0.0520. The van der Waals surface area contributed by atoms with Gasteiger partial charge in [-0.05, 0) is 82.8 Å². The maximum absolute atomic E-state index is 11.9. The summed E-state index contributed by atoms with van der Waals surface area (Å²) in [5, 5.41) is 6.37. The molecule has 39 heavy (non-hydrogen) atoms. The zero-order chi connectivity index (χ0) is 27.4. The van der Waals surface area contributed by atoms with Crippen molar-refractivity contribution in [1.82, 2.24) is 24.6 Å². The molecule has 2 N–H and O–H groups in total. The predicted molar refractivity (Wildman–Crippen MR) is 156 cm³/mol. The lowest BCUT2D eigenvalue weighted by Gasteiger charge is -2.32. The Morgan fingerprint density at radius 2 is 1.87 bits per heavy atom. The van der Waals surface area contributed by atoms with E-state index in [2.05, 4.69) is 68.2 Å². The van der Waals surface area contributed by atoms with Crippen LogP contribution in [0.25, 0.3) is 16.9 Å². The molecule has 4 aromatic rings. The van der Waals surface area contributed by atoms with Gasteiger partial charge in [0.25, 0.3) is 0 Å². The van der Waals surface area contributed by atoms with Crippen molar-refractivity contribution in [2.45, 2.75) is 52.1 Å². The van der Waals surface area contributed by atoms with Crippen LogP contribution in [-0.4, -0.2) is 57.1 Å². The number of hydrogen-bond donors (Lipinski definition) is 2. The largest absolute Gasteiger partial charge is 0.444 e. The number of benzene rings is 2. The standard InChI is InChI=1S/C31H38N6O2/c1-22-8-5-6-11-26(22)27-21-34-28(29-32-15-19-37(27)29)35-25-10-7-9-24(20-25)23-12-16-36(17-13-23)18-14-33-30(38)39-31(2,3)4/h5-11,15,19-21,23H,12-14,16-18H2,1-4H3,(H,33,38)(H,34,35). The number of alkyl carbamates (subject to hydrolysis) is 1. The Morgan fingerprint density at radius 3 is 2.64 bits per heavy atom. The van der Waals surface area contributed by atoms with Crippen molar-refractivity contribution >= 4 is 23.2 Å². The number of carbonyl (C=O) groups excluding carboxylic acids is 1. The molecule has 8 heteroatoms. The number of aromatic nitrogens is 3. The molecule has 0 aliphatic carbocycles. The van der Waals surface area contributed by atoms with Crippen LogP contribution in [0, 0.1) is 6.92 Å². The molecule has 8 nitrogen and oxygen atoms in total. The number of carbonyl (C=O) groups is 1. The number of fused-ring (bicyclic) bond motifs is 1. The maximum Gasteiger partial charge on any atom is 0.407 e. The molecule has 1 aliphatic heterocycles. The fourth-order valence-electron chi connectivity index (χ4n) is 5.19. The van der Waals surface area contributed by atoms with Gasteiger partial charge in [-0.1, -0.05) is 36.4 Å². The second kappa shape index (κ2) is 11.5. The number of nitrogens with zero attached hydrogens (tertiary/aromatic N) is 4. The maximum atomic E-state index is 11.9. The fourth-order valence-corrected chi connectivity index (χ4v) is 5.19. The number of hydrogen-bond acceptors (Lipinski definition) is 6. The van der Waals surface area contributed by atoms with Crippen LogP contribution in [0.5, 0.6) is 0 Å². The van der Waals surface area contributed by atoms with E-state index < -0.39 is 5.60 Å². The van der Waals surface area contributed by atoms with Crippen molar-refractivity contribution in [1.29, 1.82) is 0 Å². The molecule has 2 aromatic carbocycles. The number of nitrogens with one attached hydrogen (secondary N) is 2. The Labute approximate surface area is 230 Å². The summed E-state index contributed by atoms with van der Waals surface area (Å²) in [6.45, 7) is 11.2. The molecule has 0 spiro atoms. The topological polar surface area (TPSA) is 83.8 Å². The van der Waals surface area contributed by atoms with Gasteiger partial charge in [0.2, 0.25) is 0 Å². The third-order valence-corrected chi connectivity index (χ3v) is 7.15. The van der Waals surface area contributed by atoms with E-state index >= 15 is 0 Å². The number of piperidine rings is 1. The summed E-state index contributed by atoms with van der Waals surface area (Å²) >= 11 is 0. The number of ether oxygens (including phenoxy) is 1. The van der Waals surface area contributed by atoms with E-state index in [-0.39, 0.29) is 6.09 Å². The summed E-state index contributed by atoms with van der Waals surface area (Å²) in [5.41, 5.74) is 6.04. The highest BCUT2D eigenvalue weighted by atomic mass is 16.6. The fraction of sp³-hybridized carbons (Fsp3) is 0.387. The summed E-state index contributed by atoms with van der Waals surface area (Å²) in [6.07, 6.45) is 7.53. The summed E-state index contributed by atoms with van der Waals surface area (Å²) in [7, 11) is 0. The summed E-state index contributed by atoms with van der Waals surface area (Å²) in [6, 6.07) is 17.0. The first-order valence-electron chi connectivity index (χ1n) is 13.7. The Balaban J connectivity index is 1.20. The number of amides is 1. The van der Waals surface area contributed by atoms with Gasteiger partial charge in [0.05, 0.1) is 11.9 Å². The molecule has 0 radical (unpaired) electrons. The molecule has 0 saturated carbocycles. The molecule has 204 valence electrons. The van der Waals surface area contributed by atoms with E-state index in [4.69, 9.17) is 9.72 Å². The van der Waals surface area contributed by atoms with E-state index in [1.807, 2.05) is 51.5 Å². The molecule has 1 amide bonds. The second-order valence-corrected chi connectivity index (χ2v) is 11.2. The zero-order valence-corrected chi connectivity index (χ0v) is 23.3. The highest BCUT2D eigenvalue weighted by Crippen LogP contribution is 2.31. The molecule has 0 unspecified atom stereocenters. The van der Waals surface area contributed by atoms with E-state index in [9.17, 15) is 4.79 Å². The normalized spacial score (nSPS) is 14.9. The monoisotopic (exact) mass is 526 g/mol. The third-order valence-electron chi connectivity index (χ3n) is 7.15. The van der Waals surface area contributed by atoms with Gasteiger partial charge in [0, 0.05) is 36.7 Å². The lowest BCUT2D eigenvalue weighted by Crippen LogP contribution is -2.40. The Morgan fingerprint density at radius 1 is 1.08 bits per heavy atom. The minimum absolute atomic E-state index is 0.353. The number of rotatable bonds is 7. The Hall–Kier alpha value is -3.91. The van der Waals surface area contributed by atoms with Crippen molar-refractivity contribution in [3.8, 4) is 11.3 Å². The highest BCUT2D eigenvalue weighted by Gasteiger charge is 2.22. The van der Waals surface area contributed by atoms with Gasteiger partial charge in [-0.25, -0.2) is 14.8 Å². The van der Waals surface area contributed by atoms with Gasteiger partial charge in [-0.2, -0.15) is 0 Å². The smallest absolute Gasteiger partial charge is 0.407 e. The minimum atomic E-state index is -0.475. The van der Waals surface area contributed by atoms with Gasteiger partial charge < -0.3 is 20.3 Å². The van der Waals surface area contributed by atoms with Crippen LogP contribution in [0.15, 0.2) is 67.1 Å². The van der Waals surface area contributed by atoms with Gasteiger partial charge >= 0.3 is 6.09 Å². The SMILES string of the molecule is Cc1ccccc1-c1cnc(Nc2cccc(C3CCN(CCNC(=O)OC(C)(C)C)CC3)c2)c2nccn12. The third kappa shape index (κ3) is 6.57. The molecule has 0 atom stereocenters. The molecule has 5 rings (SSSR count). The van der Waals surface area contributed by atoms with Crippen molar-refractivity contribution in [3.05, 3.63) is 78.2 Å². The van der Waals surface area contributed by atoms with E-state index in [1.165, 1.54) is 11.1 Å². The molecule has 3 heterocycles. The zero-order valence-electron chi connectivity index (χ0n) is 23.3. The van der Waals surface area contributed by atoms with Crippen molar-refractivity contribution < 1.29 is 9.53 Å². The quantitative estimate of drug-likeness (QED) is 0.300.